The second kappa shape index (κ2) is 7.54. The highest BCUT2D eigenvalue weighted by Gasteiger charge is 2.32. The van der Waals surface area contributed by atoms with E-state index in [0.29, 0.717) is 21.7 Å². The summed E-state index contributed by atoms with van der Waals surface area (Å²) < 4.78 is 44.7. The molecule has 0 aliphatic rings. The van der Waals surface area contributed by atoms with Crippen molar-refractivity contribution in [3.05, 3.63) is 52.5 Å². The van der Waals surface area contributed by atoms with Gasteiger partial charge < -0.3 is 4.74 Å². The number of aromatic nitrogens is 5. The van der Waals surface area contributed by atoms with Crippen LogP contribution in [0.4, 0.5) is 18.0 Å². The van der Waals surface area contributed by atoms with Gasteiger partial charge in [0, 0.05) is 11.6 Å². The first-order valence-electron chi connectivity index (χ1n) is 8.20. The number of carbonyl (C=O) groups excluding carboxylic acids is 1. The van der Waals surface area contributed by atoms with E-state index in [2.05, 4.69) is 25.4 Å². The first kappa shape index (κ1) is 20.0. The van der Waals surface area contributed by atoms with Gasteiger partial charge in [0.1, 0.15) is 10.8 Å². The van der Waals surface area contributed by atoms with Crippen LogP contribution < -0.4 is 10.2 Å². The summed E-state index contributed by atoms with van der Waals surface area (Å²) in [5, 5.41) is 2.48. The monoisotopic (exact) mass is 454 g/mol. The molecule has 4 aromatic rings. The van der Waals surface area contributed by atoms with Crippen LogP contribution in [0, 0.1) is 6.92 Å². The molecular weight excluding hydrogens is 445 g/mol. The Kier molecular flexibility index (Phi) is 5.03. The molecule has 4 aromatic heterocycles. The molecule has 0 aliphatic carbocycles. The normalized spacial score (nSPS) is 11.6. The van der Waals surface area contributed by atoms with Crippen LogP contribution in [0.15, 0.2) is 36.0 Å². The third kappa shape index (κ3) is 4.04. The van der Waals surface area contributed by atoms with E-state index in [0.717, 1.165) is 6.07 Å². The topological polar surface area (TPSA) is 94.8 Å². The molecule has 0 spiro atoms. The van der Waals surface area contributed by atoms with Crippen molar-refractivity contribution in [2.24, 2.45) is 0 Å². The number of alkyl halides is 3. The van der Waals surface area contributed by atoms with Gasteiger partial charge in [0.15, 0.2) is 16.6 Å². The zero-order valence-electron chi connectivity index (χ0n) is 14.9. The van der Waals surface area contributed by atoms with E-state index < -0.39 is 18.0 Å². The molecule has 0 aromatic carbocycles. The van der Waals surface area contributed by atoms with Gasteiger partial charge in [-0.1, -0.05) is 11.6 Å². The lowest BCUT2D eigenvalue weighted by atomic mass is 10.3. The van der Waals surface area contributed by atoms with Crippen molar-refractivity contribution in [3.63, 3.8) is 0 Å². The summed E-state index contributed by atoms with van der Waals surface area (Å²) >= 11 is 7.06. The Bertz CT molecular complexity index is 1260. The van der Waals surface area contributed by atoms with Crippen LogP contribution >= 0.6 is 22.9 Å². The van der Waals surface area contributed by atoms with Gasteiger partial charge in [-0.2, -0.15) is 13.2 Å². The average Bonchev–Trinajstić information content (AvgIpc) is 3.29. The SMILES string of the molecule is Cc1nc(-c2nc(Cl)cs2)ncc1OC(=O)Nn1ccc2nc(C(F)(F)F)ccc21. The molecule has 0 fully saturated rings. The molecule has 0 saturated carbocycles. The van der Waals surface area contributed by atoms with Gasteiger partial charge in [-0.3, -0.25) is 4.68 Å². The quantitative estimate of drug-likeness (QED) is 0.483. The maximum absolute atomic E-state index is 12.8. The van der Waals surface area contributed by atoms with E-state index in [9.17, 15) is 18.0 Å². The highest BCUT2D eigenvalue weighted by atomic mass is 35.5. The van der Waals surface area contributed by atoms with Gasteiger partial charge in [-0.25, -0.2) is 30.2 Å². The number of ether oxygens (including phenoxy) is 1. The summed E-state index contributed by atoms with van der Waals surface area (Å²) in [6.45, 7) is 1.62. The molecule has 0 radical (unpaired) electrons. The number of hydrogen-bond acceptors (Lipinski definition) is 7. The second-order valence-corrected chi connectivity index (χ2v) is 7.15. The maximum atomic E-state index is 12.8. The number of rotatable bonds is 3. The summed E-state index contributed by atoms with van der Waals surface area (Å²) in [4.78, 5) is 28.2. The van der Waals surface area contributed by atoms with Gasteiger partial charge in [-0.15, -0.1) is 11.3 Å². The van der Waals surface area contributed by atoms with Gasteiger partial charge in [0.25, 0.3) is 0 Å². The van der Waals surface area contributed by atoms with Gasteiger partial charge in [-0.05, 0) is 25.1 Å². The van der Waals surface area contributed by atoms with Gasteiger partial charge in [0.05, 0.1) is 22.9 Å². The van der Waals surface area contributed by atoms with Crippen LogP contribution in [-0.2, 0) is 6.18 Å². The van der Waals surface area contributed by atoms with Crippen molar-refractivity contribution >= 4 is 40.1 Å². The molecule has 4 rings (SSSR count). The van der Waals surface area contributed by atoms with E-state index in [-0.39, 0.29) is 16.8 Å². The molecule has 4 heterocycles. The maximum Gasteiger partial charge on any atom is 0.433 e. The van der Waals surface area contributed by atoms with Crippen molar-refractivity contribution in [1.29, 1.82) is 0 Å². The summed E-state index contributed by atoms with van der Waals surface area (Å²) in [5.41, 5.74) is 2.09. The molecular formula is C17H10ClF3N6O2S. The lowest BCUT2D eigenvalue weighted by Gasteiger charge is -2.10. The minimum Gasteiger partial charge on any atom is -0.406 e. The fourth-order valence-electron chi connectivity index (χ4n) is 2.51. The summed E-state index contributed by atoms with van der Waals surface area (Å²) in [5.74, 6) is 0.438. The van der Waals surface area contributed by atoms with E-state index in [1.165, 1.54) is 40.5 Å². The van der Waals surface area contributed by atoms with E-state index in [4.69, 9.17) is 16.3 Å². The predicted molar refractivity (Wildman–Crippen MR) is 103 cm³/mol. The summed E-state index contributed by atoms with van der Waals surface area (Å²) in [6, 6.07) is 3.37. The molecule has 0 bridgehead atoms. The Morgan fingerprint density at radius 1 is 1.23 bits per heavy atom. The average molecular weight is 455 g/mol. The zero-order chi connectivity index (χ0) is 21.5. The Morgan fingerprint density at radius 3 is 2.70 bits per heavy atom. The molecule has 0 unspecified atom stereocenters. The number of nitrogens with zero attached hydrogens (tertiary/aromatic N) is 5. The van der Waals surface area contributed by atoms with E-state index in [1.54, 1.807) is 12.3 Å². The van der Waals surface area contributed by atoms with Crippen LogP contribution in [0.5, 0.6) is 5.75 Å². The standard InChI is InChI=1S/C17H10ClF3N6O2S/c1-8-11(6-22-14(23-8)15-25-13(18)7-30-15)29-16(28)26-27-5-4-9-10(27)2-3-12(24-9)17(19,20)21/h2-7H,1H3,(H,26,28). The molecule has 0 saturated heterocycles. The number of amides is 1. The van der Waals surface area contributed by atoms with Crippen LogP contribution in [0.1, 0.15) is 11.4 Å². The number of pyridine rings is 1. The lowest BCUT2D eigenvalue weighted by Crippen LogP contribution is -2.25. The first-order chi connectivity index (χ1) is 14.2. The molecule has 154 valence electrons. The molecule has 0 aliphatic heterocycles. The predicted octanol–water partition coefficient (Wildman–Crippen LogP) is 4.67. The van der Waals surface area contributed by atoms with Crippen molar-refractivity contribution in [2.45, 2.75) is 13.1 Å². The number of nitrogens with one attached hydrogen (secondary N) is 1. The minimum atomic E-state index is -4.56. The molecule has 1 N–H and O–H groups in total. The fraction of sp³-hybridized carbons (Fsp3) is 0.118. The minimum absolute atomic E-state index is 0.0658. The van der Waals surface area contributed by atoms with Crippen LogP contribution in [0.25, 0.3) is 21.9 Å². The number of fused-ring (bicyclic) bond motifs is 1. The van der Waals surface area contributed by atoms with Crippen LogP contribution in [-0.4, -0.2) is 30.7 Å². The molecule has 1 amide bonds. The Labute approximate surface area is 175 Å². The van der Waals surface area contributed by atoms with Crippen molar-refractivity contribution in [1.82, 2.24) is 24.6 Å². The third-order valence-electron chi connectivity index (χ3n) is 3.85. The van der Waals surface area contributed by atoms with Crippen LogP contribution in [0.3, 0.4) is 0 Å². The Hall–Kier alpha value is -3.25. The van der Waals surface area contributed by atoms with Crippen molar-refractivity contribution in [2.75, 3.05) is 5.43 Å². The van der Waals surface area contributed by atoms with Crippen LogP contribution in [0.2, 0.25) is 5.15 Å². The van der Waals surface area contributed by atoms with E-state index >= 15 is 0 Å². The molecule has 8 nitrogen and oxygen atoms in total. The van der Waals surface area contributed by atoms with Gasteiger partial charge >= 0.3 is 12.3 Å². The highest BCUT2D eigenvalue weighted by Crippen LogP contribution is 2.29. The van der Waals surface area contributed by atoms with Crippen molar-refractivity contribution < 1.29 is 22.7 Å². The van der Waals surface area contributed by atoms with E-state index in [1.807, 2.05) is 0 Å². The molecule has 30 heavy (non-hydrogen) atoms. The van der Waals surface area contributed by atoms with Gasteiger partial charge in [0.2, 0.25) is 0 Å². The zero-order valence-corrected chi connectivity index (χ0v) is 16.5. The number of halogens is 4. The highest BCUT2D eigenvalue weighted by molar-refractivity contribution is 7.13. The summed E-state index contributed by atoms with van der Waals surface area (Å²) in [7, 11) is 0. The number of thiazole rings is 1. The number of carbonyl (C=O) groups is 1. The number of hydrogen-bond donors (Lipinski definition) is 1. The lowest BCUT2D eigenvalue weighted by molar-refractivity contribution is -0.140. The number of aryl methyl sites for hydroxylation is 1. The van der Waals surface area contributed by atoms with Crippen molar-refractivity contribution in [3.8, 4) is 16.6 Å². The molecule has 0 atom stereocenters. The summed E-state index contributed by atoms with van der Waals surface area (Å²) in [6.07, 6.45) is -2.77. The third-order valence-corrected chi connectivity index (χ3v) is 5.01. The fourth-order valence-corrected chi connectivity index (χ4v) is 3.40. The second-order valence-electron chi connectivity index (χ2n) is 5.90. The smallest absolute Gasteiger partial charge is 0.406 e. The molecule has 13 heteroatoms. The first-order valence-corrected chi connectivity index (χ1v) is 9.45. The Morgan fingerprint density at radius 2 is 2.03 bits per heavy atom. The largest absolute Gasteiger partial charge is 0.433 e. The Balaban J connectivity index is 1.50.